The summed E-state index contributed by atoms with van der Waals surface area (Å²) < 4.78 is 21.3. The third-order valence-electron chi connectivity index (χ3n) is 9.84. The summed E-state index contributed by atoms with van der Waals surface area (Å²) in [5.41, 5.74) is 9.57. The van der Waals surface area contributed by atoms with Crippen molar-refractivity contribution in [3.05, 3.63) is 130 Å². The minimum absolute atomic E-state index is 0.0331. The molecule has 0 heterocycles. The number of nitrogens with one attached hydrogen (secondary N) is 3. The second-order valence-electron chi connectivity index (χ2n) is 14.5. The lowest BCUT2D eigenvalue weighted by molar-refractivity contribution is -0.120. The summed E-state index contributed by atoms with van der Waals surface area (Å²) in [6, 6.07) is 26.7. The number of Topliss-reactive ketones (excluding diaryl/α,β-unsaturated/α-hetero) is 3. The highest BCUT2D eigenvalue weighted by molar-refractivity contribution is 6.01. The molecule has 324 valence electrons. The van der Waals surface area contributed by atoms with E-state index >= 15 is 0 Å². The van der Waals surface area contributed by atoms with Crippen molar-refractivity contribution >= 4 is 35.4 Å². The molecule has 14 heteroatoms. The molecule has 14 nitrogen and oxygen atoms in total. The van der Waals surface area contributed by atoms with Crippen LogP contribution in [0.4, 0.5) is 9.59 Å². The minimum Gasteiger partial charge on any atom is -0.496 e. The van der Waals surface area contributed by atoms with Gasteiger partial charge in [-0.1, -0.05) is 72.8 Å². The van der Waals surface area contributed by atoms with E-state index < -0.39 is 30.2 Å². The lowest BCUT2D eigenvalue weighted by Crippen LogP contribution is -2.42. The summed E-state index contributed by atoms with van der Waals surface area (Å²) in [4.78, 5) is 77.4. The third-order valence-corrected chi connectivity index (χ3v) is 9.84. The Kier molecular flexibility index (Phi) is 19.4. The topological polar surface area (TPSA) is 201 Å². The summed E-state index contributed by atoms with van der Waals surface area (Å²) in [7, 11) is 2.88. The Labute approximate surface area is 356 Å². The predicted molar refractivity (Wildman–Crippen MR) is 230 cm³/mol. The molecule has 0 aliphatic carbocycles. The van der Waals surface area contributed by atoms with Gasteiger partial charge in [0.2, 0.25) is 0 Å². The van der Waals surface area contributed by atoms with Gasteiger partial charge in [0, 0.05) is 25.9 Å². The Balaban J connectivity index is 1.33. The summed E-state index contributed by atoms with van der Waals surface area (Å²) >= 11 is 0. The van der Waals surface area contributed by atoms with E-state index in [0.29, 0.717) is 61.1 Å². The van der Waals surface area contributed by atoms with Crippen molar-refractivity contribution in [2.75, 3.05) is 27.3 Å². The molecule has 4 rings (SSSR count). The highest BCUT2D eigenvalue weighted by Crippen LogP contribution is 2.23. The Morgan fingerprint density at radius 1 is 0.574 bits per heavy atom. The maximum Gasteiger partial charge on any atom is 0.407 e. The molecular weight excluding hydrogens is 781 g/mol. The number of methoxy groups -OCH3 is 2. The molecule has 4 aromatic rings. The van der Waals surface area contributed by atoms with Crippen molar-refractivity contribution in [2.24, 2.45) is 5.73 Å². The van der Waals surface area contributed by atoms with E-state index in [-0.39, 0.29) is 67.7 Å². The van der Waals surface area contributed by atoms with E-state index in [1.807, 2.05) is 60.7 Å². The van der Waals surface area contributed by atoms with Gasteiger partial charge in [0.1, 0.15) is 24.7 Å². The summed E-state index contributed by atoms with van der Waals surface area (Å²) in [6.45, 7) is 2.37. The molecule has 5 N–H and O–H groups in total. The van der Waals surface area contributed by atoms with Crippen molar-refractivity contribution < 1.29 is 47.7 Å². The quantitative estimate of drug-likeness (QED) is 0.0422. The van der Waals surface area contributed by atoms with Crippen LogP contribution >= 0.6 is 0 Å². The number of nitrogens with two attached hydrogens (primary N) is 1. The lowest BCUT2D eigenvalue weighted by atomic mass is 9.96. The Morgan fingerprint density at radius 3 is 1.56 bits per heavy atom. The second kappa shape index (κ2) is 25.2. The summed E-state index contributed by atoms with van der Waals surface area (Å²) in [6.07, 6.45) is 1.62. The van der Waals surface area contributed by atoms with Crippen molar-refractivity contribution in [1.82, 2.24) is 16.0 Å². The van der Waals surface area contributed by atoms with Gasteiger partial charge in [0.25, 0.3) is 5.91 Å². The minimum atomic E-state index is -0.941. The van der Waals surface area contributed by atoms with Crippen LogP contribution in [0.3, 0.4) is 0 Å². The molecule has 0 aliphatic rings. The van der Waals surface area contributed by atoms with Crippen molar-refractivity contribution in [3.8, 4) is 11.5 Å². The standard InChI is InChI=1S/C47H56N4O10/c1-32(52)37-26-35(20-22-43(37)58-2)29-42(54)40(19-11-13-25-50-47(57)61-31-34-16-8-5-9-17-34)51-45(55)38-27-36(21-23-44(38)59-3)28-41(53)39(48)18-10-12-24-49-46(56)60-30-33-14-6-4-7-15-33/h4-9,14-17,20-23,26-27,39-40H,10-13,18-19,24-25,28-31,48H2,1-3H3,(H,49,56)(H,50,57)(H,51,55)/t39-,40-/m0/s1. The first-order valence-corrected chi connectivity index (χ1v) is 20.3. The van der Waals surface area contributed by atoms with Gasteiger partial charge in [0.05, 0.1) is 37.4 Å². The summed E-state index contributed by atoms with van der Waals surface area (Å²) in [5, 5.41) is 8.29. The van der Waals surface area contributed by atoms with Gasteiger partial charge in [-0.05, 0) is 92.0 Å². The molecule has 0 aromatic heterocycles. The smallest absolute Gasteiger partial charge is 0.407 e. The predicted octanol–water partition coefficient (Wildman–Crippen LogP) is 6.45. The number of hydrogen-bond donors (Lipinski definition) is 4. The van der Waals surface area contributed by atoms with E-state index in [2.05, 4.69) is 16.0 Å². The molecule has 3 amide bonds. The summed E-state index contributed by atoms with van der Waals surface area (Å²) in [5.74, 6) is -0.672. The monoisotopic (exact) mass is 836 g/mol. The van der Waals surface area contributed by atoms with Crippen LogP contribution in [0.1, 0.15) is 88.4 Å². The molecule has 0 fully saturated rings. The number of carbonyl (C=O) groups excluding carboxylic acids is 6. The van der Waals surface area contributed by atoms with Gasteiger partial charge in [-0.15, -0.1) is 0 Å². The Hall–Kier alpha value is -6.54. The van der Waals surface area contributed by atoms with Crippen LogP contribution in [-0.2, 0) is 45.1 Å². The third kappa shape index (κ3) is 16.2. The molecule has 0 saturated carbocycles. The average Bonchev–Trinajstić information content (AvgIpc) is 3.27. The molecule has 4 aromatic carbocycles. The fourth-order valence-corrected chi connectivity index (χ4v) is 6.44. The molecule has 0 unspecified atom stereocenters. The molecular formula is C47H56N4O10. The number of ether oxygens (including phenoxy) is 4. The first kappa shape index (κ1) is 47.1. The van der Waals surface area contributed by atoms with Crippen LogP contribution in [-0.4, -0.2) is 74.8 Å². The van der Waals surface area contributed by atoms with Crippen molar-refractivity contribution in [3.63, 3.8) is 0 Å². The number of amides is 3. The number of benzene rings is 4. The van der Waals surface area contributed by atoms with Gasteiger partial charge in [-0.25, -0.2) is 9.59 Å². The van der Waals surface area contributed by atoms with Crippen LogP contribution in [0.2, 0.25) is 0 Å². The molecule has 0 spiro atoms. The fraction of sp³-hybridized carbons (Fsp3) is 0.362. The van der Waals surface area contributed by atoms with Gasteiger partial charge in [-0.2, -0.15) is 0 Å². The van der Waals surface area contributed by atoms with E-state index in [9.17, 15) is 28.8 Å². The number of alkyl carbamates (subject to hydrolysis) is 2. The Morgan fingerprint density at radius 2 is 1.05 bits per heavy atom. The molecule has 2 atom stereocenters. The molecule has 61 heavy (non-hydrogen) atoms. The van der Waals surface area contributed by atoms with Gasteiger partial charge in [0.15, 0.2) is 17.3 Å². The molecule has 0 bridgehead atoms. The van der Waals surface area contributed by atoms with E-state index in [0.717, 1.165) is 11.1 Å². The zero-order valence-corrected chi connectivity index (χ0v) is 35.0. The van der Waals surface area contributed by atoms with Crippen LogP contribution in [0.25, 0.3) is 0 Å². The van der Waals surface area contributed by atoms with E-state index in [1.165, 1.54) is 21.1 Å². The number of unbranched alkanes of at least 4 members (excludes halogenated alkanes) is 2. The van der Waals surface area contributed by atoms with Gasteiger partial charge >= 0.3 is 12.2 Å². The zero-order chi connectivity index (χ0) is 44.0. The SMILES string of the molecule is COc1ccc(CC(=O)[C@H](CCCCNC(=O)OCc2ccccc2)NC(=O)c2cc(CC(=O)[C@@H](N)CCCCNC(=O)OCc3ccccc3)ccc2OC)cc1C(C)=O. The first-order chi connectivity index (χ1) is 29.5. The van der Waals surface area contributed by atoms with Gasteiger partial charge in [-0.3, -0.25) is 19.2 Å². The number of hydrogen-bond acceptors (Lipinski definition) is 11. The fourth-order valence-electron chi connectivity index (χ4n) is 6.44. The van der Waals surface area contributed by atoms with E-state index in [1.54, 1.807) is 36.4 Å². The number of rotatable bonds is 25. The Bertz CT molecular complexity index is 2080. The van der Waals surface area contributed by atoms with Crippen LogP contribution in [0.5, 0.6) is 11.5 Å². The molecule has 0 saturated heterocycles. The lowest BCUT2D eigenvalue weighted by Gasteiger charge is -2.20. The van der Waals surface area contributed by atoms with Crippen LogP contribution < -0.4 is 31.2 Å². The van der Waals surface area contributed by atoms with Crippen molar-refractivity contribution in [1.29, 1.82) is 0 Å². The second-order valence-corrected chi connectivity index (χ2v) is 14.5. The first-order valence-electron chi connectivity index (χ1n) is 20.3. The average molecular weight is 837 g/mol. The van der Waals surface area contributed by atoms with Crippen LogP contribution in [0.15, 0.2) is 97.1 Å². The zero-order valence-electron chi connectivity index (χ0n) is 35.0. The molecule has 0 radical (unpaired) electrons. The maximum absolute atomic E-state index is 13.9. The highest BCUT2D eigenvalue weighted by Gasteiger charge is 2.25. The maximum atomic E-state index is 13.9. The highest BCUT2D eigenvalue weighted by atomic mass is 16.6. The largest absolute Gasteiger partial charge is 0.496 e. The van der Waals surface area contributed by atoms with E-state index in [4.69, 9.17) is 24.7 Å². The number of ketones is 3. The normalized spacial score (nSPS) is 11.7. The molecule has 0 aliphatic heterocycles. The van der Waals surface area contributed by atoms with Crippen molar-refractivity contribution in [2.45, 2.75) is 83.6 Å². The number of carbonyl (C=O) groups is 6. The van der Waals surface area contributed by atoms with Gasteiger partial charge < -0.3 is 40.6 Å². The van der Waals surface area contributed by atoms with Crippen LogP contribution in [0, 0.1) is 0 Å².